The summed E-state index contributed by atoms with van der Waals surface area (Å²) in [6, 6.07) is 10.3. The molecule has 0 amide bonds. The molecule has 0 aliphatic rings. The number of rotatable bonds is 6. The van der Waals surface area contributed by atoms with Gasteiger partial charge in [0, 0.05) is 17.0 Å². The van der Waals surface area contributed by atoms with Crippen LogP contribution in [0.1, 0.15) is 33.3 Å². The van der Waals surface area contributed by atoms with Crippen molar-refractivity contribution < 1.29 is 4.79 Å². The van der Waals surface area contributed by atoms with Crippen LogP contribution in [0.3, 0.4) is 0 Å². The van der Waals surface area contributed by atoms with Crippen LogP contribution in [0.2, 0.25) is 0 Å². The maximum absolute atomic E-state index is 12.5. The molecule has 1 heterocycles. The summed E-state index contributed by atoms with van der Waals surface area (Å²) in [4.78, 5) is 16.0. The van der Waals surface area contributed by atoms with E-state index in [0.717, 1.165) is 29.8 Å². The number of carbonyl (C=O) groups is 1. The van der Waals surface area contributed by atoms with E-state index >= 15 is 0 Å². The summed E-state index contributed by atoms with van der Waals surface area (Å²) in [5.74, 6) is 0.213. The predicted octanol–water partition coefficient (Wildman–Crippen LogP) is 4.07. The standard InChI is InChI=1S/C17H21NOS/c1-4-18(11-15-6-5-9-20-15)12-17(19)16-10-13(2)7-8-14(16)3/h5-10H,4,11-12H2,1-3H3. The zero-order chi connectivity index (χ0) is 14.5. The summed E-state index contributed by atoms with van der Waals surface area (Å²) in [6.45, 7) is 8.35. The van der Waals surface area contributed by atoms with Crippen molar-refractivity contribution in [2.45, 2.75) is 27.3 Å². The molecule has 0 saturated carbocycles. The van der Waals surface area contributed by atoms with Crippen molar-refractivity contribution in [2.24, 2.45) is 0 Å². The van der Waals surface area contributed by atoms with E-state index in [2.05, 4.69) is 35.4 Å². The van der Waals surface area contributed by atoms with E-state index in [9.17, 15) is 4.79 Å². The highest BCUT2D eigenvalue weighted by Crippen LogP contribution is 2.15. The van der Waals surface area contributed by atoms with E-state index < -0.39 is 0 Å². The summed E-state index contributed by atoms with van der Waals surface area (Å²) < 4.78 is 0. The number of ketones is 1. The molecule has 20 heavy (non-hydrogen) atoms. The smallest absolute Gasteiger partial charge is 0.177 e. The highest BCUT2D eigenvalue weighted by Gasteiger charge is 2.14. The van der Waals surface area contributed by atoms with Gasteiger partial charge in [-0.3, -0.25) is 9.69 Å². The van der Waals surface area contributed by atoms with E-state index in [0.29, 0.717) is 6.54 Å². The lowest BCUT2D eigenvalue weighted by molar-refractivity contribution is 0.0929. The Labute approximate surface area is 125 Å². The van der Waals surface area contributed by atoms with Crippen LogP contribution in [-0.4, -0.2) is 23.8 Å². The fourth-order valence-corrected chi connectivity index (χ4v) is 2.97. The topological polar surface area (TPSA) is 20.3 Å². The molecule has 0 atom stereocenters. The van der Waals surface area contributed by atoms with Crippen LogP contribution < -0.4 is 0 Å². The quantitative estimate of drug-likeness (QED) is 0.746. The Morgan fingerprint density at radius 3 is 2.70 bits per heavy atom. The fraction of sp³-hybridized carbons (Fsp3) is 0.353. The second-order valence-corrected chi connectivity index (χ2v) is 6.16. The molecule has 3 heteroatoms. The molecule has 106 valence electrons. The van der Waals surface area contributed by atoms with Gasteiger partial charge in [-0.05, 0) is 43.5 Å². The summed E-state index contributed by atoms with van der Waals surface area (Å²) in [5.41, 5.74) is 3.06. The average molecular weight is 287 g/mol. The number of hydrogen-bond acceptors (Lipinski definition) is 3. The normalized spacial score (nSPS) is 11.0. The molecule has 1 aromatic heterocycles. The zero-order valence-corrected chi connectivity index (χ0v) is 13.2. The van der Waals surface area contributed by atoms with Gasteiger partial charge in [0.05, 0.1) is 6.54 Å². The number of hydrogen-bond donors (Lipinski definition) is 0. The molecule has 2 rings (SSSR count). The first-order chi connectivity index (χ1) is 9.60. The van der Waals surface area contributed by atoms with Crippen molar-refractivity contribution in [2.75, 3.05) is 13.1 Å². The molecule has 0 spiro atoms. The van der Waals surface area contributed by atoms with Crippen molar-refractivity contribution in [1.29, 1.82) is 0 Å². The number of Topliss-reactive ketones (excluding diaryl/α,β-unsaturated/α-hetero) is 1. The number of likely N-dealkylation sites (N-methyl/N-ethyl adjacent to an activating group) is 1. The molecule has 0 saturated heterocycles. The van der Waals surface area contributed by atoms with Gasteiger partial charge in [0.2, 0.25) is 0 Å². The lowest BCUT2D eigenvalue weighted by Gasteiger charge is -2.19. The molecular formula is C17H21NOS. The van der Waals surface area contributed by atoms with Gasteiger partial charge in [0.1, 0.15) is 0 Å². The first-order valence-corrected chi connectivity index (χ1v) is 7.83. The van der Waals surface area contributed by atoms with E-state index in [4.69, 9.17) is 0 Å². The average Bonchev–Trinajstić information content (AvgIpc) is 2.93. The van der Waals surface area contributed by atoms with Gasteiger partial charge in [-0.25, -0.2) is 0 Å². The minimum Gasteiger partial charge on any atom is -0.293 e. The van der Waals surface area contributed by atoms with Gasteiger partial charge in [-0.1, -0.05) is 30.7 Å². The lowest BCUT2D eigenvalue weighted by atomic mass is 10.0. The highest BCUT2D eigenvalue weighted by atomic mass is 32.1. The largest absolute Gasteiger partial charge is 0.293 e. The second-order valence-electron chi connectivity index (χ2n) is 5.12. The monoisotopic (exact) mass is 287 g/mol. The second kappa shape index (κ2) is 6.82. The minimum absolute atomic E-state index is 0.213. The van der Waals surface area contributed by atoms with Gasteiger partial charge in [-0.15, -0.1) is 11.3 Å². The summed E-state index contributed by atoms with van der Waals surface area (Å²) >= 11 is 1.74. The Morgan fingerprint density at radius 2 is 2.05 bits per heavy atom. The van der Waals surface area contributed by atoms with Crippen LogP contribution in [0.5, 0.6) is 0 Å². The third kappa shape index (κ3) is 3.78. The zero-order valence-electron chi connectivity index (χ0n) is 12.3. The minimum atomic E-state index is 0.213. The molecule has 0 unspecified atom stereocenters. The summed E-state index contributed by atoms with van der Waals surface area (Å²) in [6.07, 6.45) is 0. The van der Waals surface area contributed by atoms with Gasteiger partial charge in [-0.2, -0.15) is 0 Å². The van der Waals surface area contributed by atoms with Gasteiger partial charge in [0.15, 0.2) is 5.78 Å². The Hall–Kier alpha value is -1.45. The molecular weight excluding hydrogens is 266 g/mol. The Bertz CT molecular complexity index is 575. The van der Waals surface area contributed by atoms with E-state index in [1.54, 1.807) is 11.3 Å². The van der Waals surface area contributed by atoms with Crippen molar-refractivity contribution >= 4 is 17.1 Å². The van der Waals surface area contributed by atoms with E-state index in [1.807, 2.05) is 26.0 Å². The number of nitrogens with zero attached hydrogens (tertiary/aromatic N) is 1. The third-order valence-corrected chi connectivity index (χ3v) is 4.33. The number of carbonyl (C=O) groups excluding carboxylic acids is 1. The van der Waals surface area contributed by atoms with Crippen LogP contribution in [0.4, 0.5) is 0 Å². The first-order valence-electron chi connectivity index (χ1n) is 6.95. The van der Waals surface area contributed by atoms with Gasteiger partial charge >= 0.3 is 0 Å². The van der Waals surface area contributed by atoms with Crippen molar-refractivity contribution in [3.8, 4) is 0 Å². The maximum atomic E-state index is 12.5. The highest BCUT2D eigenvalue weighted by molar-refractivity contribution is 7.09. The summed E-state index contributed by atoms with van der Waals surface area (Å²) in [5, 5.41) is 2.08. The van der Waals surface area contributed by atoms with Crippen LogP contribution in [0.25, 0.3) is 0 Å². The van der Waals surface area contributed by atoms with Crippen LogP contribution in [-0.2, 0) is 6.54 Å². The molecule has 0 aliphatic carbocycles. The predicted molar refractivity (Wildman–Crippen MR) is 85.5 cm³/mol. The van der Waals surface area contributed by atoms with Crippen molar-refractivity contribution in [3.63, 3.8) is 0 Å². The third-order valence-electron chi connectivity index (χ3n) is 3.47. The van der Waals surface area contributed by atoms with E-state index in [1.165, 1.54) is 4.88 Å². The Kier molecular flexibility index (Phi) is 5.10. The Morgan fingerprint density at radius 1 is 1.25 bits per heavy atom. The molecule has 0 N–H and O–H groups in total. The molecule has 1 aromatic carbocycles. The summed E-state index contributed by atoms with van der Waals surface area (Å²) in [7, 11) is 0. The van der Waals surface area contributed by atoms with Crippen LogP contribution >= 0.6 is 11.3 Å². The van der Waals surface area contributed by atoms with Gasteiger partial charge < -0.3 is 0 Å². The molecule has 2 aromatic rings. The van der Waals surface area contributed by atoms with Gasteiger partial charge in [0.25, 0.3) is 0 Å². The van der Waals surface area contributed by atoms with Crippen molar-refractivity contribution in [1.82, 2.24) is 4.90 Å². The molecule has 0 radical (unpaired) electrons. The first kappa shape index (κ1) is 14.9. The number of aryl methyl sites for hydroxylation is 2. The Balaban J connectivity index is 2.07. The molecule has 0 bridgehead atoms. The number of thiophene rings is 1. The molecule has 0 aliphatic heterocycles. The maximum Gasteiger partial charge on any atom is 0.177 e. The fourth-order valence-electron chi connectivity index (χ4n) is 2.23. The molecule has 2 nitrogen and oxygen atoms in total. The number of benzene rings is 1. The van der Waals surface area contributed by atoms with Crippen LogP contribution in [0.15, 0.2) is 35.7 Å². The van der Waals surface area contributed by atoms with Crippen molar-refractivity contribution in [3.05, 3.63) is 57.3 Å². The van der Waals surface area contributed by atoms with E-state index in [-0.39, 0.29) is 5.78 Å². The molecule has 0 fully saturated rings. The lowest BCUT2D eigenvalue weighted by Crippen LogP contribution is -2.29. The van der Waals surface area contributed by atoms with Crippen LogP contribution in [0, 0.1) is 13.8 Å². The SMILES string of the molecule is CCN(CC(=O)c1cc(C)ccc1C)Cc1cccs1.